The number of nitrogens with two attached hydrogens (primary N) is 1. The standard InChI is InChI=1S/C8H15N3S/c1-5(2)11(9)8-10-6(3)7(4)12-8/h5H,9H2,1-4H3. The molecule has 1 aromatic heterocycles. The van der Waals surface area contributed by atoms with Gasteiger partial charge < -0.3 is 0 Å². The average Bonchev–Trinajstić information content (AvgIpc) is 2.30. The molecule has 0 saturated heterocycles. The van der Waals surface area contributed by atoms with E-state index in [9.17, 15) is 0 Å². The normalized spacial score (nSPS) is 10.8. The first kappa shape index (κ1) is 9.48. The SMILES string of the molecule is Cc1nc(N(N)C(C)C)sc1C. The van der Waals surface area contributed by atoms with Crippen LogP contribution in [0, 0.1) is 13.8 Å². The second kappa shape index (κ2) is 3.41. The van der Waals surface area contributed by atoms with E-state index in [4.69, 9.17) is 5.84 Å². The summed E-state index contributed by atoms with van der Waals surface area (Å²) < 4.78 is 0. The number of hydrogen-bond acceptors (Lipinski definition) is 4. The molecule has 0 aliphatic rings. The zero-order valence-electron chi connectivity index (χ0n) is 7.96. The van der Waals surface area contributed by atoms with E-state index >= 15 is 0 Å². The fourth-order valence-electron chi connectivity index (χ4n) is 0.787. The maximum absolute atomic E-state index is 5.80. The molecule has 0 amide bonds. The lowest BCUT2D eigenvalue weighted by molar-refractivity contribution is 0.708. The zero-order chi connectivity index (χ0) is 9.30. The van der Waals surface area contributed by atoms with Gasteiger partial charge >= 0.3 is 0 Å². The third-order valence-electron chi connectivity index (χ3n) is 1.79. The van der Waals surface area contributed by atoms with E-state index in [1.165, 1.54) is 4.88 Å². The summed E-state index contributed by atoms with van der Waals surface area (Å²) in [5, 5.41) is 2.60. The number of hydrazine groups is 1. The fraction of sp³-hybridized carbons (Fsp3) is 0.625. The van der Waals surface area contributed by atoms with Gasteiger partial charge in [0.05, 0.1) is 5.69 Å². The van der Waals surface area contributed by atoms with Gasteiger partial charge in [-0.1, -0.05) is 0 Å². The van der Waals surface area contributed by atoms with Crippen molar-refractivity contribution >= 4 is 16.5 Å². The molecular weight excluding hydrogens is 170 g/mol. The van der Waals surface area contributed by atoms with Gasteiger partial charge in [-0.2, -0.15) is 0 Å². The van der Waals surface area contributed by atoms with Crippen LogP contribution in [-0.4, -0.2) is 11.0 Å². The van der Waals surface area contributed by atoms with Gasteiger partial charge in [0.1, 0.15) is 0 Å². The van der Waals surface area contributed by atoms with Crippen LogP contribution < -0.4 is 10.9 Å². The summed E-state index contributed by atoms with van der Waals surface area (Å²) in [6.07, 6.45) is 0. The highest BCUT2D eigenvalue weighted by atomic mass is 32.1. The van der Waals surface area contributed by atoms with E-state index in [0.29, 0.717) is 6.04 Å². The number of hydrogen-bond donors (Lipinski definition) is 1. The maximum atomic E-state index is 5.80. The van der Waals surface area contributed by atoms with Crippen molar-refractivity contribution in [3.05, 3.63) is 10.6 Å². The molecule has 12 heavy (non-hydrogen) atoms. The second-order valence-corrected chi connectivity index (χ2v) is 4.32. The Morgan fingerprint density at radius 2 is 2.00 bits per heavy atom. The van der Waals surface area contributed by atoms with Crippen molar-refractivity contribution in [2.75, 3.05) is 5.01 Å². The Bertz CT molecular complexity index is 248. The van der Waals surface area contributed by atoms with Crippen molar-refractivity contribution in [2.24, 2.45) is 5.84 Å². The Morgan fingerprint density at radius 3 is 2.33 bits per heavy atom. The van der Waals surface area contributed by atoms with Crippen LogP contribution in [0.3, 0.4) is 0 Å². The van der Waals surface area contributed by atoms with Gasteiger partial charge in [-0.25, -0.2) is 10.8 Å². The number of anilines is 1. The second-order valence-electron chi connectivity index (χ2n) is 3.14. The number of thiazole rings is 1. The lowest BCUT2D eigenvalue weighted by Crippen LogP contribution is -2.37. The van der Waals surface area contributed by atoms with Crippen LogP contribution >= 0.6 is 11.3 Å². The lowest BCUT2D eigenvalue weighted by Gasteiger charge is -2.18. The molecule has 0 bridgehead atoms. The molecule has 0 atom stereocenters. The third kappa shape index (κ3) is 1.76. The zero-order valence-corrected chi connectivity index (χ0v) is 8.77. The molecule has 0 unspecified atom stereocenters. The third-order valence-corrected chi connectivity index (χ3v) is 2.88. The minimum Gasteiger partial charge on any atom is -0.284 e. The summed E-state index contributed by atoms with van der Waals surface area (Å²) in [7, 11) is 0. The molecule has 2 N–H and O–H groups in total. The lowest BCUT2D eigenvalue weighted by atomic mass is 10.4. The van der Waals surface area contributed by atoms with Crippen molar-refractivity contribution in [3.8, 4) is 0 Å². The van der Waals surface area contributed by atoms with E-state index in [1.807, 2.05) is 20.8 Å². The molecule has 0 aromatic carbocycles. The van der Waals surface area contributed by atoms with Gasteiger partial charge in [-0.05, 0) is 27.7 Å². The number of aryl methyl sites for hydroxylation is 2. The van der Waals surface area contributed by atoms with Crippen molar-refractivity contribution in [2.45, 2.75) is 33.7 Å². The smallest absolute Gasteiger partial charge is 0.200 e. The number of aromatic nitrogens is 1. The first-order chi connectivity index (χ1) is 5.52. The maximum Gasteiger partial charge on any atom is 0.200 e. The molecule has 0 saturated carbocycles. The molecule has 68 valence electrons. The minimum atomic E-state index is 0.301. The van der Waals surface area contributed by atoms with Gasteiger partial charge in [0.2, 0.25) is 0 Å². The quantitative estimate of drug-likeness (QED) is 0.565. The number of nitrogens with zero attached hydrogens (tertiary/aromatic N) is 2. The van der Waals surface area contributed by atoms with Crippen molar-refractivity contribution in [1.82, 2.24) is 4.98 Å². The molecular formula is C8H15N3S. The van der Waals surface area contributed by atoms with Gasteiger partial charge in [-0.15, -0.1) is 11.3 Å². The molecule has 0 aliphatic heterocycles. The van der Waals surface area contributed by atoms with Crippen molar-refractivity contribution < 1.29 is 0 Å². The highest BCUT2D eigenvalue weighted by Crippen LogP contribution is 2.24. The molecule has 3 nitrogen and oxygen atoms in total. The molecule has 1 heterocycles. The van der Waals surface area contributed by atoms with E-state index in [-0.39, 0.29) is 0 Å². The summed E-state index contributed by atoms with van der Waals surface area (Å²) >= 11 is 1.64. The molecule has 0 spiro atoms. The minimum absolute atomic E-state index is 0.301. The Kier molecular flexibility index (Phi) is 2.69. The van der Waals surface area contributed by atoms with Crippen LogP contribution in [0.4, 0.5) is 5.13 Å². The van der Waals surface area contributed by atoms with Crippen LogP contribution in [0.25, 0.3) is 0 Å². The van der Waals surface area contributed by atoms with Gasteiger partial charge in [0.25, 0.3) is 0 Å². The van der Waals surface area contributed by atoms with Crippen LogP contribution in [0.1, 0.15) is 24.4 Å². The molecule has 1 rings (SSSR count). The Labute approximate surface area is 77.2 Å². The van der Waals surface area contributed by atoms with Crippen LogP contribution in [0.2, 0.25) is 0 Å². The highest BCUT2D eigenvalue weighted by Gasteiger charge is 2.10. The Balaban J connectivity index is 2.89. The molecule has 0 fully saturated rings. The van der Waals surface area contributed by atoms with E-state index < -0.39 is 0 Å². The van der Waals surface area contributed by atoms with Gasteiger partial charge in [-0.3, -0.25) is 5.01 Å². The molecule has 4 heteroatoms. The average molecular weight is 185 g/mol. The van der Waals surface area contributed by atoms with Gasteiger partial charge in [0, 0.05) is 10.9 Å². The fourth-order valence-corrected chi connectivity index (χ4v) is 1.75. The van der Waals surface area contributed by atoms with Crippen LogP contribution in [0.15, 0.2) is 0 Å². The van der Waals surface area contributed by atoms with Crippen molar-refractivity contribution in [3.63, 3.8) is 0 Å². The first-order valence-corrected chi connectivity index (χ1v) is 4.82. The Morgan fingerprint density at radius 1 is 1.42 bits per heavy atom. The van der Waals surface area contributed by atoms with Crippen molar-refractivity contribution in [1.29, 1.82) is 0 Å². The summed E-state index contributed by atoms with van der Waals surface area (Å²) in [6.45, 7) is 8.16. The predicted molar refractivity (Wildman–Crippen MR) is 53.4 cm³/mol. The molecule has 1 aromatic rings. The summed E-state index contributed by atoms with van der Waals surface area (Å²) in [4.78, 5) is 5.59. The monoisotopic (exact) mass is 185 g/mol. The topological polar surface area (TPSA) is 42.2 Å². The summed E-state index contributed by atoms with van der Waals surface area (Å²) in [6, 6.07) is 0.301. The largest absolute Gasteiger partial charge is 0.284 e. The number of rotatable bonds is 2. The Hall–Kier alpha value is -0.610. The summed E-state index contributed by atoms with van der Waals surface area (Å²) in [5.41, 5.74) is 1.08. The highest BCUT2D eigenvalue weighted by molar-refractivity contribution is 7.15. The van der Waals surface area contributed by atoms with Gasteiger partial charge in [0.15, 0.2) is 5.13 Å². The first-order valence-electron chi connectivity index (χ1n) is 4.00. The molecule has 0 aliphatic carbocycles. The van der Waals surface area contributed by atoms with E-state index in [0.717, 1.165) is 10.8 Å². The van der Waals surface area contributed by atoms with Crippen LogP contribution in [0.5, 0.6) is 0 Å². The molecule has 0 radical (unpaired) electrons. The van der Waals surface area contributed by atoms with Crippen LogP contribution in [-0.2, 0) is 0 Å². The van der Waals surface area contributed by atoms with E-state index in [1.54, 1.807) is 16.3 Å². The summed E-state index contributed by atoms with van der Waals surface area (Å²) in [5.74, 6) is 5.80. The van der Waals surface area contributed by atoms with E-state index in [2.05, 4.69) is 11.9 Å². The predicted octanol–water partition coefficient (Wildman–Crippen LogP) is 1.85.